The third-order valence-electron chi connectivity index (χ3n) is 2.78. The number of ether oxygens (including phenoxy) is 1. The third-order valence-corrected chi connectivity index (χ3v) is 3.37. The summed E-state index contributed by atoms with van der Waals surface area (Å²) in [7, 11) is 0.602. The number of carbonyl (C=O) groups is 1. The van der Waals surface area contributed by atoms with E-state index in [0.717, 1.165) is 13.2 Å². The fourth-order valence-electron chi connectivity index (χ4n) is 1.48. The molecule has 26 heavy (non-hydrogen) atoms. The summed E-state index contributed by atoms with van der Waals surface area (Å²) in [4.78, 5) is 11.4. The highest BCUT2D eigenvalue weighted by Crippen LogP contribution is 2.34. The Morgan fingerprint density at radius 1 is 1.08 bits per heavy atom. The van der Waals surface area contributed by atoms with Gasteiger partial charge < -0.3 is 4.74 Å². The Bertz CT molecular complexity index is 750. The summed E-state index contributed by atoms with van der Waals surface area (Å²) in [6.07, 6.45) is -4.58. The summed E-state index contributed by atoms with van der Waals surface area (Å²) in [6, 6.07) is 3.48. The van der Waals surface area contributed by atoms with Gasteiger partial charge in [-0.05, 0) is 12.1 Å². The second-order valence-electron chi connectivity index (χ2n) is 5.65. The first-order chi connectivity index (χ1) is 11.3. The van der Waals surface area contributed by atoms with Crippen molar-refractivity contribution in [2.24, 2.45) is 0 Å². The molecule has 1 aromatic carbocycles. The molecule has 1 rings (SSSR count). The summed E-state index contributed by atoms with van der Waals surface area (Å²) in [5, 5.41) is 0. The molecule has 0 bridgehead atoms. The van der Waals surface area contributed by atoms with Crippen molar-refractivity contribution in [3.63, 3.8) is 0 Å². The number of rotatable bonds is 2. The van der Waals surface area contributed by atoms with Gasteiger partial charge in [0.15, 0.2) is 0 Å². The molecule has 0 spiro atoms. The molecule has 0 atom stereocenters. The van der Waals surface area contributed by atoms with Crippen LogP contribution in [0.3, 0.4) is 0 Å². The molecule has 0 aliphatic heterocycles. The lowest BCUT2D eigenvalue weighted by atomic mass is 10.1. The van der Waals surface area contributed by atoms with Crippen molar-refractivity contribution >= 4 is 21.8 Å². The SMILES string of the molecule is COC(=O)c1cc([N+](C)(C)C)ccc1C(F)(F)F.O=S(=O)(O)C(F)(F)F. The lowest BCUT2D eigenvalue weighted by Crippen LogP contribution is -2.35. The van der Waals surface area contributed by atoms with Gasteiger partial charge in [0.05, 0.1) is 39.4 Å². The van der Waals surface area contributed by atoms with E-state index in [-0.39, 0.29) is 0 Å². The molecule has 0 aromatic heterocycles. The average Bonchev–Trinajstić information content (AvgIpc) is 2.42. The molecule has 1 N–H and O–H groups in total. The predicted octanol–water partition coefficient (Wildman–Crippen LogP) is 3.08. The molecule has 13 heteroatoms. The average molecular weight is 412 g/mol. The smallest absolute Gasteiger partial charge is 0.465 e. The van der Waals surface area contributed by atoms with E-state index in [9.17, 15) is 31.1 Å². The highest BCUT2D eigenvalue weighted by Gasteiger charge is 2.44. The Morgan fingerprint density at radius 2 is 1.50 bits per heavy atom. The molecule has 6 nitrogen and oxygen atoms in total. The van der Waals surface area contributed by atoms with E-state index >= 15 is 0 Å². The summed E-state index contributed by atoms with van der Waals surface area (Å²) >= 11 is 0. The zero-order chi connectivity index (χ0) is 21.1. The van der Waals surface area contributed by atoms with Crippen LogP contribution in [0.15, 0.2) is 18.2 Å². The monoisotopic (exact) mass is 412 g/mol. The van der Waals surface area contributed by atoms with Crippen molar-refractivity contribution in [3.8, 4) is 0 Å². The van der Waals surface area contributed by atoms with Crippen molar-refractivity contribution in [3.05, 3.63) is 29.3 Å². The molecule has 0 saturated carbocycles. The van der Waals surface area contributed by atoms with Gasteiger partial charge >= 0.3 is 27.8 Å². The molecule has 0 heterocycles. The van der Waals surface area contributed by atoms with Crippen LogP contribution >= 0.6 is 0 Å². The molecule has 0 aliphatic rings. The number of nitrogens with zero attached hydrogens (tertiary/aromatic N) is 1. The molecule has 0 saturated heterocycles. The van der Waals surface area contributed by atoms with Crippen LogP contribution in [-0.4, -0.2) is 52.7 Å². The van der Waals surface area contributed by atoms with Gasteiger partial charge in [0.2, 0.25) is 0 Å². The Balaban J connectivity index is 0.000000660. The van der Waals surface area contributed by atoms with Crippen molar-refractivity contribution in [2.75, 3.05) is 28.3 Å². The topological polar surface area (TPSA) is 80.7 Å². The highest BCUT2D eigenvalue weighted by molar-refractivity contribution is 7.86. The summed E-state index contributed by atoms with van der Waals surface area (Å²) < 4.78 is 101. The van der Waals surface area contributed by atoms with Crippen molar-refractivity contribution in [2.45, 2.75) is 11.7 Å². The molecular weight excluding hydrogens is 396 g/mol. The van der Waals surface area contributed by atoms with Crippen molar-refractivity contribution in [1.82, 2.24) is 4.48 Å². The van der Waals surface area contributed by atoms with Crippen LogP contribution in [0.2, 0.25) is 0 Å². The molecular formula is C13H16F6NO5S+. The Kier molecular flexibility index (Phi) is 7.24. The number of hydrogen-bond acceptors (Lipinski definition) is 4. The van der Waals surface area contributed by atoms with E-state index in [1.165, 1.54) is 12.1 Å². The van der Waals surface area contributed by atoms with Gasteiger partial charge in [-0.2, -0.15) is 34.8 Å². The molecule has 0 aliphatic carbocycles. The maximum Gasteiger partial charge on any atom is 0.522 e. The fraction of sp³-hybridized carbons (Fsp3) is 0.462. The summed E-state index contributed by atoms with van der Waals surface area (Å²) in [5.41, 5.74) is -6.39. The molecule has 150 valence electrons. The molecule has 1 aromatic rings. The van der Waals surface area contributed by atoms with Gasteiger partial charge in [0, 0.05) is 6.07 Å². The van der Waals surface area contributed by atoms with Crippen molar-refractivity contribution < 1.29 is 48.8 Å². The van der Waals surface area contributed by atoms with Crippen LogP contribution in [0.4, 0.5) is 32.0 Å². The van der Waals surface area contributed by atoms with Gasteiger partial charge in [0.1, 0.15) is 5.69 Å². The van der Waals surface area contributed by atoms with E-state index in [1.54, 1.807) is 21.1 Å². The van der Waals surface area contributed by atoms with Gasteiger partial charge in [-0.25, -0.2) is 4.79 Å². The first-order valence-corrected chi connectivity index (χ1v) is 7.91. The zero-order valence-corrected chi connectivity index (χ0v) is 14.8. The van der Waals surface area contributed by atoms with Gasteiger partial charge in [0.25, 0.3) is 0 Å². The Labute approximate surface area is 145 Å². The summed E-state index contributed by atoms with van der Waals surface area (Å²) in [6.45, 7) is 0. The fourth-order valence-corrected chi connectivity index (χ4v) is 1.48. The van der Waals surface area contributed by atoms with E-state index in [4.69, 9.17) is 13.0 Å². The van der Waals surface area contributed by atoms with Crippen LogP contribution in [0.5, 0.6) is 0 Å². The standard InChI is InChI=1S/C12H15F3NO2.CHF3O3S/c1-16(2,3)8-5-6-10(12(13,14)15)9(7-8)11(17)18-4;2-1(3,4)8(5,6)7/h5-7H,1-4H3;(H,5,6,7)/q+1;. The normalized spacial score (nSPS) is 12.9. The molecule has 0 fully saturated rings. The van der Waals surface area contributed by atoms with Gasteiger partial charge in [-0.1, -0.05) is 0 Å². The maximum absolute atomic E-state index is 12.8. The van der Waals surface area contributed by atoms with Gasteiger partial charge in [-0.15, -0.1) is 0 Å². The minimum Gasteiger partial charge on any atom is -0.465 e. The lowest BCUT2D eigenvalue weighted by molar-refractivity contribution is -0.138. The molecule has 0 amide bonds. The lowest BCUT2D eigenvalue weighted by Gasteiger charge is -2.24. The number of carbonyl (C=O) groups excluding carboxylic acids is 1. The number of alkyl halides is 6. The largest absolute Gasteiger partial charge is 0.522 e. The van der Waals surface area contributed by atoms with E-state index in [1.807, 2.05) is 0 Å². The van der Waals surface area contributed by atoms with Gasteiger partial charge in [-0.3, -0.25) is 9.04 Å². The number of methoxy groups -OCH3 is 1. The minimum atomic E-state index is -5.84. The number of quaternary nitrogens is 1. The quantitative estimate of drug-likeness (QED) is 0.266. The second-order valence-corrected chi connectivity index (χ2v) is 7.07. The highest BCUT2D eigenvalue weighted by atomic mass is 32.2. The second kappa shape index (κ2) is 7.80. The van der Waals surface area contributed by atoms with E-state index < -0.39 is 38.9 Å². The van der Waals surface area contributed by atoms with Crippen LogP contribution in [0, 0.1) is 0 Å². The van der Waals surface area contributed by atoms with E-state index in [2.05, 4.69) is 4.74 Å². The maximum atomic E-state index is 12.8. The number of halogens is 6. The number of hydrogen-bond donors (Lipinski definition) is 1. The Hall–Kier alpha value is -1.86. The first kappa shape index (κ1) is 24.1. The molecule has 0 unspecified atom stereocenters. The minimum absolute atomic E-state index is 0.308. The van der Waals surface area contributed by atoms with Crippen LogP contribution < -0.4 is 4.48 Å². The van der Waals surface area contributed by atoms with Crippen molar-refractivity contribution in [1.29, 1.82) is 0 Å². The zero-order valence-electron chi connectivity index (χ0n) is 13.9. The predicted molar refractivity (Wildman–Crippen MR) is 80.0 cm³/mol. The van der Waals surface area contributed by atoms with E-state index in [0.29, 0.717) is 10.2 Å². The van der Waals surface area contributed by atoms with Crippen LogP contribution in [-0.2, 0) is 21.0 Å². The first-order valence-electron chi connectivity index (χ1n) is 6.47. The number of esters is 1. The number of benzene rings is 1. The van der Waals surface area contributed by atoms with Crippen LogP contribution in [0.1, 0.15) is 15.9 Å². The molecule has 0 radical (unpaired) electrons. The third kappa shape index (κ3) is 6.80. The Morgan fingerprint density at radius 3 is 1.77 bits per heavy atom. The van der Waals surface area contributed by atoms with Crippen LogP contribution in [0.25, 0.3) is 0 Å². The summed E-state index contributed by atoms with van der Waals surface area (Å²) in [5.74, 6) is -0.988.